The topological polar surface area (TPSA) is 0 Å². The summed E-state index contributed by atoms with van der Waals surface area (Å²) in [6.07, 6.45) is 4.02. The molecule has 0 radical (unpaired) electrons. The normalized spacial score (nSPS) is 17.5. The van der Waals surface area contributed by atoms with E-state index in [1.165, 1.54) is 50.1 Å². The molecule has 1 spiro atoms. The number of allylic oxidation sites excluding steroid dienone is 4. The minimum absolute atomic E-state index is 0. The van der Waals surface area contributed by atoms with Crippen molar-refractivity contribution in [2.75, 3.05) is 0 Å². The Balaban J connectivity index is 0.000000778. The Labute approximate surface area is 175 Å². The lowest BCUT2D eigenvalue weighted by atomic mass is 9.69. The van der Waals surface area contributed by atoms with E-state index in [1.807, 2.05) is 26.0 Å². The van der Waals surface area contributed by atoms with Gasteiger partial charge in [-0.15, -0.1) is 0 Å². The van der Waals surface area contributed by atoms with Crippen LogP contribution < -0.4 is 0 Å². The predicted octanol–water partition coefficient (Wildman–Crippen LogP) is 8.11. The van der Waals surface area contributed by atoms with Gasteiger partial charge in [-0.3, -0.25) is 0 Å². The van der Waals surface area contributed by atoms with Gasteiger partial charge >= 0.3 is 0 Å². The molecule has 0 heterocycles. The molecule has 1 atom stereocenters. The van der Waals surface area contributed by atoms with Crippen molar-refractivity contribution in [3.63, 3.8) is 0 Å². The summed E-state index contributed by atoms with van der Waals surface area (Å²) in [7, 11) is 0. The lowest BCUT2D eigenvalue weighted by Gasteiger charge is -2.31. The number of hydrogen-bond donors (Lipinski definition) is 0. The van der Waals surface area contributed by atoms with Crippen molar-refractivity contribution in [1.29, 1.82) is 0 Å². The molecule has 0 amide bonds. The van der Waals surface area contributed by atoms with Crippen molar-refractivity contribution in [2.24, 2.45) is 0 Å². The van der Waals surface area contributed by atoms with Crippen LogP contribution in [-0.2, 0) is 5.41 Å². The molecule has 0 saturated carbocycles. The van der Waals surface area contributed by atoms with E-state index in [-0.39, 0.29) is 12.8 Å². The molecule has 2 aliphatic rings. The summed E-state index contributed by atoms with van der Waals surface area (Å²) in [5, 5.41) is 0. The first-order chi connectivity index (χ1) is 13.7. The van der Waals surface area contributed by atoms with E-state index in [4.69, 9.17) is 0 Å². The van der Waals surface area contributed by atoms with Crippen LogP contribution in [0.1, 0.15) is 49.1 Å². The van der Waals surface area contributed by atoms with E-state index in [9.17, 15) is 0 Å². The van der Waals surface area contributed by atoms with Gasteiger partial charge < -0.3 is 0 Å². The van der Waals surface area contributed by atoms with Gasteiger partial charge in [0.05, 0.1) is 5.41 Å². The van der Waals surface area contributed by atoms with Gasteiger partial charge in [-0.05, 0) is 51.5 Å². The molecular weight excluding hydrogens is 348 g/mol. The van der Waals surface area contributed by atoms with Crippen LogP contribution in [0.5, 0.6) is 0 Å². The van der Waals surface area contributed by atoms with Gasteiger partial charge in [0.2, 0.25) is 0 Å². The number of rotatable bonds is 2. The van der Waals surface area contributed by atoms with E-state index < -0.39 is 0 Å². The molecule has 3 aromatic carbocycles. The van der Waals surface area contributed by atoms with Gasteiger partial charge in [-0.1, -0.05) is 119 Å². The van der Waals surface area contributed by atoms with E-state index in [1.54, 1.807) is 0 Å². The van der Waals surface area contributed by atoms with Crippen LogP contribution in [0, 0.1) is 6.92 Å². The second kappa shape index (κ2) is 7.72. The molecule has 29 heavy (non-hydrogen) atoms. The van der Waals surface area contributed by atoms with Crippen molar-refractivity contribution in [2.45, 2.75) is 33.6 Å². The molecule has 1 unspecified atom stereocenters. The molecule has 0 aromatic heterocycles. The summed E-state index contributed by atoms with van der Waals surface area (Å²) in [6.45, 7) is 14.5. The van der Waals surface area contributed by atoms with Crippen molar-refractivity contribution < 1.29 is 0 Å². The first-order valence-electron chi connectivity index (χ1n) is 10.0. The number of aryl methyl sites for hydroxylation is 1. The summed E-state index contributed by atoms with van der Waals surface area (Å²) in [6, 6.07) is 24.4. The van der Waals surface area contributed by atoms with Crippen LogP contribution in [-0.4, -0.2) is 0 Å². The molecule has 2 aliphatic carbocycles. The monoisotopic (exact) mass is 378 g/mol. The first-order valence-corrected chi connectivity index (χ1v) is 10.0. The smallest absolute Gasteiger partial charge is 0.0725 e. The largest absolute Gasteiger partial charge is 0.0987 e. The third kappa shape index (κ3) is 2.52. The van der Waals surface area contributed by atoms with Crippen LogP contribution in [0.4, 0.5) is 0 Å². The summed E-state index contributed by atoms with van der Waals surface area (Å²) in [5.41, 5.74) is 11.4. The summed E-state index contributed by atoms with van der Waals surface area (Å²) in [4.78, 5) is 0. The molecule has 0 nitrogen and oxygen atoms in total. The quantitative estimate of drug-likeness (QED) is 0.422. The zero-order valence-corrected chi connectivity index (χ0v) is 16.9. The Kier molecular flexibility index (Phi) is 5.48. The zero-order chi connectivity index (χ0) is 19.9. The highest BCUT2D eigenvalue weighted by molar-refractivity contribution is 5.97. The highest BCUT2D eigenvalue weighted by Gasteiger charge is 2.51. The lowest BCUT2D eigenvalue weighted by molar-refractivity contribution is 0.785. The SMILES string of the molecule is C.C=CC1=C(C=C)C2(c3ccccc31)c1ccccc1-c1ccc(C)cc12.CC. The minimum Gasteiger partial charge on any atom is -0.0987 e. The molecule has 5 rings (SSSR count). The molecule has 0 bridgehead atoms. The van der Waals surface area contributed by atoms with E-state index in [0.29, 0.717) is 0 Å². The van der Waals surface area contributed by atoms with Crippen LogP contribution in [0.3, 0.4) is 0 Å². The average molecular weight is 379 g/mol. The summed E-state index contributed by atoms with van der Waals surface area (Å²) < 4.78 is 0. The van der Waals surface area contributed by atoms with Gasteiger partial charge in [-0.25, -0.2) is 0 Å². The molecule has 0 saturated heterocycles. The van der Waals surface area contributed by atoms with Crippen LogP contribution in [0.15, 0.2) is 97.6 Å². The van der Waals surface area contributed by atoms with Crippen molar-refractivity contribution in [3.8, 4) is 11.1 Å². The molecule has 0 aliphatic heterocycles. The molecule has 0 heteroatoms. The maximum Gasteiger partial charge on any atom is 0.0725 e. The van der Waals surface area contributed by atoms with Gasteiger partial charge in [0, 0.05) is 0 Å². The van der Waals surface area contributed by atoms with Crippen molar-refractivity contribution >= 4 is 5.57 Å². The van der Waals surface area contributed by atoms with E-state index in [2.05, 4.69) is 86.8 Å². The van der Waals surface area contributed by atoms with Crippen LogP contribution >= 0.6 is 0 Å². The zero-order valence-electron chi connectivity index (χ0n) is 16.9. The van der Waals surface area contributed by atoms with Gasteiger partial charge in [0.25, 0.3) is 0 Å². The number of fused-ring (bicyclic) bond motifs is 7. The van der Waals surface area contributed by atoms with Crippen LogP contribution in [0.2, 0.25) is 0 Å². The van der Waals surface area contributed by atoms with Crippen molar-refractivity contribution in [1.82, 2.24) is 0 Å². The molecular formula is C29H30. The lowest BCUT2D eigenvalue weighted by Crippen LogP contribution is -2.26. The number of benzene rings is 3. The fourth-order valence-corrected chi connectivity index (χ4v) is 4.99. The molecule has 0 N–H and O–H groups in total. The Morgan fingerprint density at radius 2 is 1.24 bits per heavy atom. The standard InChI is InChI=1S/C26H20.C2H6.CH4/c1-4-18-19-10-6-8-12-23(19)26(22(18)5-2)24-13-9-7-11-20(24)21-15-14-17(3)16-25(21)26;1-2;/h4-16H,1-2H2,3H3;1-2H3;1H4. The van der Waals surface area contributed by atoms with Gasteiger partial charge in [0.1, 0.15) is 0 Å². The molecule has 3 aromatic rings. The predicted molar refractivity (Wildman–Crippen MR) is 128 cm³/mol. The Hall–Kier alpha value is -3.12. The Bertz CT molecular complexity index is 1130. The highest BCUT2D eigenvalue weighted by atomic mass is 14.5. The maximum atomic E-state index is 4.21. The Morgan fingerprint density at radius 1 is 0.690 bits per heavy atom. The van der Waals surface area contributed by atoms with Gasteiger partial charge in [0.15, 0.2) is 0 Å². The average Bonchev–Trinajstić information content (AvgIpc) is 3.20. The third-order valence-electron chi connectivity index (χ3n) is 5.92. The minimum atomic E-state index is -0.292. The van der Waals surface area contributed by atoms with Gasteiger partial charge in [-0.2, -0.15) is 0 Å². The third-order valence-corrected chi connectivity index (χ3v) is 5.92. The summed E-state index contributed by atoms with van der Waals surface area (Å²) in [5.74, 6) is 0. The molecule has 146 valence electrons. The fraction of sp³-hybridized carbons (Fsp3) is 0.172. The second-order valence-corrected chi connectivity index (χ2v) is 7.13. The first kappa shape index (κ1) is 20.6. The van der Waals surface area contributed by atoms with E-state index in [0.717, 1.165) is 0 Å². The van der Waals surface area contributed by atoms with E-state index >= 15 is 0 Å². The fourth-order valence-electron chi connectivity index (χ4n) is 4.99. The highest BCUT2D eigenvalue weighted by Crippen LogP contribution is 2.62. The van der Waals surface area contributed by atoms with Crippen LogP contribution in [0.25, 0.3) is 16.7 Å². The second-order valence-electron chi connectivity index (χ2n) is 7.13. The summed E-state index contributed by atoms with van der Waals surface area (Å²) >= 11 is 0. The molecule has 0 fully saturated rings. The Morgan fingerprint density at radius 3 is 1.86 bits per heavy atom. The maximum absolute atomic E-state index is 4.21. The number of hydrogen-bond acceptors (Lipinski definition) is 0. The van der Waals surface area contributed by atoms with Crippen molar-refractivity contribution in [3.05, 3.63) is 125 Å².